The van der Waals surface area contributed by atoms with Crippen molar-refractivity contribution < 1.29 is 32.2 Å². The van der Waals surface area contributed by atoms with Crippen molar-refractivity contribution in [2.24, 2.45) is 0 Å². The summed E-state index contributed by atoms with van der Waals surface area (Å²) in [6, 6.07) is 12.1. The lowest BCUT2D eigenvalue weighted by Crippen LogP contribution is -2.40. The van der Waals surface area contributed by atoms with E-state index in [0.29, 0.717) is 34.3 Å². The van der Waals surface area contributed by atoms with Crippen LogP contribution in [0.4, 0.5) is 8.78 Å². The van der Waals surface area contributed by atoms with Gasteiger partial charge in [-0.25, -0.2) is 18.4 Å². The minimum absolute atomic E-state index is 0.219. The standard InChI is InChI=1S/C33H40F2O6/c1-8-9-10-11-22-12-15-25(28(16-22)38-19-29(34)35)26-17-23-13-14-24(18-27(23)39-31(26)37)40-32(4,5)20-33(6,7)41-30(36)21(2)3/h12-18,29H,2,8-11,19-20H2,1,3-7H3. The second-order valence-electron chi connectivity index (χ2n) is 11.6. The van der Waals surface area contributed by atoms with E-state index in [2.05, 4.69) is 13.5 Å². The summed E-state index contributed by atoms with van der Waals surface area (Å²) in [7, 11) is 0. The molecule has 0 aliphatic heterocycles. The molecular formula is C33H40F2O6. The van der Waals surface area contributed by atoms with Gasteiger partial charge in [0.1, 0.15) is 34.9 Å². The molecule has 3 rings (SSSR count). The molecule has 1 heterocycles. The van der Waals surface area contributed by atoms with E-state index in [4.69, 9.17) is 18.6 Å². The molecule has 0 unspecified atom stereocenters. The number of fused-ring (bicyclic) bond motifs is 1. The lowest BCUT2D eigenvalue weighted by Gasteiger charge is -2.35. The van der Waals surface area contributed by atoms with Crippen LogP contribution >= 0.6 is 0 Å². The molecule has 0 spiro atoms. The third kappa shape index (κ3) is 9.17. The molecule has 0 radical (unpaired) electrons. The molecule has 8 heteroatoms. The van der Waals surface area contributed by atoms with Gasteiger partial charge < -0.3 is 18.6 Å². The Balaban J connectivity index is 1.88. The molecule has 0 atom stereocenters. The maximum absolute atomic E-state index is 13.1. The quantitative estimate of drug-likeness (QED) is 0.0840. The summed E-state index contributed by atoms with van der Waals surface area (Å²) in [5.74, 6) is 0.225. The van der Waals surface area contributed by atoms with E-state index < -0.39 is 35.8 Å². The molecule has 0 fully saturated rings. The number of esters is 1. The van der Waals surface area contributed by atoms with Crippen LogP contribution in [0.2, 0.25) is 0 Å². The van der Waals surface area contributed by atoms with E-state index in [1.807, 2.05) is 19.9 Å². The largest absolute Gasteiger partial charge is 0.488 e. The first-order chi connectivity index (χ1) is 19.2. The predicted octanol–water partition coefficient (Wildman–Crippen LogP) is 8.28. The number of ether oxygens (including phenoxy) is 3. The van der Waals surface area contributed by atoms with Gasteiger partial charge in [0, 0.05) is 29.0 Å². The summed E-state index contributed by atoms with van der Waals surface area (Å²) in [5, 5.41) is 0.632. The zero-order valence-corrected chi connectivity index (χ0v) is 24.8. The van der Waals surface area contributed by atoms with Crippen molar-refractivity contribution in [2.75, 3.05) is 6.61 Å². The summed E-state index contributed by atoms with van der Waals surface area (Å²) < 4.78 is 48.8. The Morgan fingerprint density at radius 1 is 1.00 bits per heavy atom. The minimum atomic E-state index is -2.65. The summed E-state index contributed by atoms with van der Waals surface area (Å²) in [6.45, 7) is 13.9. The Labute approximate surface area is 240 Å². The summed E-state index contributed by atoms with van der Waals surface area (Å²) in [5.41, 5.74) is 0.0323. The maximum Gasteiger partial charge on any atom is 0.344 e. The van der Waals surface area contributed by atoms with Crippen LogP contribution in [0, 0.1) is 0 Å². The normalized spacial score (nSPS) is 12.0. The summed E-state index contributed by atoms with van der Waals surface area (Å²) >= 11 is 0. The van der Waals surface area contributed by atoms with Crippen LogP contribution < -0.4 is 15.1 Å². The van der Waals surface area contributed by atoms with E-state index in [1.165, 1.54) is 0 Å². The molecule has 0 aliphatic rings. The monoisotopic (exact) mass is 570 g/mol. The molecule has 0 N–H and O–H groups in total. The van der Waals surface area contributed by atoms with Crippen molar-refractivity contribution in [2.45, 2.75) is 91.3 Å². The zero-order chi connectivity index (χ0) is 30.4. The SMILES string of the molecule is C=C(C)C(=O)OC(C)(C)CC(C)(C)Oc1ccc2cc(-c3ccc(CCCCC)cc3OCC(F)F)c(=O)oc2c1. The smallest absolute Gasteiger partial charge is 0.344 e. The van der Waals surface area contributed by atoms with Gasteiger partial charge in [0.25, 0.3) is 6.43 Å². The Morgan fingerprint density at radius 2 is 1.73 bits per heavy atom. The lowest BCUT2D eigenvalue weighted by molar-refractivity contribution is -0.155. The molecule has 3 aromatic rings. The molecule has 0 aliphatic carbocycles. The molecule has 1 aromatic heterocycles. The fraction of sp³-hybridized carbons (Fsp3) is 0.455. The highest BCUT2D eigenvalue weighted by Crippen LogP contribution is 2.34. The predicted molar refractivity (Wildman–Crippen MR) is 157 cm³/mol. The average Bonchev–Trinajstić information content (AvgIpc) is 2.86. The van der Waals surface area contributed by atoms with Crippen LogP contribution in [-0.4, -0.2) is 30.2 Å². The fourth-order valence-electron chi connectivity index (χ4n) is 4.89. The van der Waals surface area contributed by atoms with E-state index in [0.717, 1.165) is 31.2 Å². The van der Waals surface area contributed by atoms with Crippen molar-refractivity contribution in [1.29, 1.82) is 0 Å². The number of hydrogen-bond acceptors (Lipinski definition) is 6. The second kappa shape index (κ2) is 13.3. The average molecular weight is 571 g/mol. The first kappa shape index (κ1) is 31.8. The van der Waals surface area contributed by atoms with Crippen molar-refractivity contribution >= 4 is 16.9 Å². The zero-order valence-electron chi connectivity index (χ0n) is 24.8. The highest BCUT2D eigenvalue weighted by molar-refractivity contribution is 5.87. The number of hydrogen-bond donors (Lipinski definition) is 0. The first-order valence-electron chi connectivity index (χ1n) is 13.9. The molecule has 2 aromatic carbocycles. The number of carbonyl (C=O) groups excluding carboxylic acids is 1. The highest BCUT2D eigenvalue weighted by atomic mass is 19.3. The second-order valence-corrected chi connectivity index (χ2v) is 11.6. The topological polar surface area (TPSA) is 75.0 Å². The minimum Gasteiger partial charge on any atom is -0.488 e. The van der Waals surface area contributed by atoms with Gasteiger partial charge in [0.15, 0.2) is 0 Å². The van der Waals surface area contributed by atoms with Crippen LogP contribution in [0.25, 0.3) is 22.1 Å². The Morgan fingerprint density at radius 3 is 2.39 bits per heavy atom. The van der Waals surface area contributed by atoms with Gasteiger partial charge in [-0.2, -0.15) is 0 Å². The van der Waals surface area contributed by atoms with Crippen LogP contribution in [-0.2, 0) is 16.0 Å². The van der Waals surface area contributed by atoms with Gasteiger partial charge >= 0.3 is 11.6 Å². The summed E-state index contributed by atoms with van der Waals surface area (Å²) in [6.07, 6.45) is 1.63. The number of halogens is 2. The lowest BCUT2D eigenvalue weighted by atomic mass is 9.92. The first-order valence-corrected chi connectivity index (χ1v) is 13.9. The van der Waals surface area contributed by atoms with Crippen LogP contribution in [0.3, 0.4) is 0 Å². The van der Waals surface area contributed by atoms with E-state index in [1.54, 1.807) is 57.2 Å². The third-order valence-electron chi connectivity index (χ3n) is 6.44. The Bertz CT molecular complexity index is 1440. The van der Waals surface area contributed by atoms with Crippen molar-refractivity contribution in [3.8, 4) is 22.6 Å². The number of alkyl halides is 2. The van der Waals surface area contributed by atoms with E-state index in [-0.39, 0.29) is 11.3 Å². The van der Waals surface area contributed by atoms with Gasteiger partial charge in [0.2, 0.25) is 0 Å². The van der Waals surface area contributed by atoms with Gasteiger partial charge in [-0.1, -0.05) is 38.5 Å². The number of rotatable bonds is 14. The fourth-order valence-corrected chi connectivity index (χ4v) is 4.89. The highest BCUT2D eigenvalue weighted by Gasteiger charge is 2.33. The number of benzene rings is 2. The van der Waals surface area contributed by atoms with Crippen molar-refractivity contribution in [1.82, 2.24) is 0 Å². The molecule has 41 heavy (non-hydrogen) atoms. The molecule has 222 valence electrons. The van der Waals surface area contributed by atoms with Crippen LogP contribution in [0.15, 0.2) is 63.8 Å². The molecule has 6 nitrogen and oxygen atoms in total. The van der Waals surface area contributed by atoms with Gasteiger partial charge in [0.05, 0.1) is 5.56 Å². The van der Waals surface area contributed by atoms with Crippen molar-refractivity contribution in [3.05, 3.63) is 70.6 Å². The maximum atomic E-state index is 13.1. The number of unbranched alkanes of at least 4 members (excludes halogenated alkanes) is 2. The van der Waals surface area contributed by atoms with Gasteiger partial charge in [-0.3, -0.25) is 0 Å². The Kier molecular flexibility index (Phi) is 10.3. The van der Waals surface area contributed by atoms with E-state index in [9.17, 15) is 18.4 Å². The molecule has 0 saturated carbocycles. The molecule has 0 bridgehead atoms. The van der Waals surface area contributed by atoms with Gasteiger partial charge in [-0.05, 0) is 77.3 Å². The molecule has 0 amide bonds. The van der Waals surface area contributed by atoms with Gasteiger partial charge in [-0.15, -0.1) is 0 Å². The van der Waals surface area contributed by atoms with Crippen molar-refractivity contribution in [3.63, 3.8) is 0 Å². The van der Waals surface area contributed by atoms with E-state index >= 15 is 0 Å². The third-order valence-corrected chi connectivity index (χ3v) is 6.44. The molecular weight excluding hydrogens is 530 g/mol. The number of aryl methyl sites for hydroxylation is 1. The number of carbonyl (C=O) groups is 1. The Hall–Kier alpha value is -3.68. The summed E-state index contributed by atoms with van der Waals surface area (Å²) in [4.78, 5) is 25.1. The van der Waals surface area contributed by atoms with Crippen LogP contribution in [0.1, 0.15) is 72.8 Å². The van der Waals surface area contributed by atoms with Crippen LogP contribution in [0.5, 0.6) is 11.5 Å². The molecule has 0 saturated heterocycles.